The van der Waals surface area contributed by atoms with Gasteiger partial charge in [0.25, 0.3) is 11.5 Å². The van der Waals surface area contributed by atoms with E-state index in [0.29, 0.717) is 12.2 Å². The van der Waals surface area contributed by atoms with E-state index >= 15 is 0 Å². The van der Waals surface area contributed by atoms with Crippen LogP contribution in [0.5, 0.6) is 0 Å². The van der Waals surface area contributed by atoms with Gasteiger partial charge in [0.15, 0.2) is 0 Å². The lowest BCUT2D eigenvalue weighted by Gasteiger charge is -2.27. The van der Waals surface area contributed by atoms with Crippen molar-refractivity contribution in [3.05, 3.63) is 81.4 Å². The van der Waals surface area contributed by atoms with E-state index in [1.54, 1.807) is 12.3 Å². The van der Waals surface area contributed by atoms with Gasteiger partial charge in [-0.15, -0.1) is 0 Å². The third kappa shape index (κ3) is 4.21. The van der Waals surface area contributed by atoms with E-state index < -0.39 is 5.91 Å². The number of carbonyl (C=O) groups is 1. The number of hydrogen-bond donors (Lipinski definition) is 1. The number of carbonyl (C=O) groups excluding carboxylic acids is 1. The second-order valence-electron chi connectivity index (χ2n) is 7.20. The fourth-order valence-electron chi connectivity index (χ4n) is 3.56. The van der Waals surface area contributed by atoms with Crippen molar-refractivity contribution in [2.75, 3.05) is 26.3 Å². The molecule has 0 saturated carbocycles. The first kappa shape index (κ1) is 19.3. The summed E-state index contributed by atoms with van der Waals surface area (Å²) >= 11 is 0. The third-order valence-corrected chi connectivity index (χ3v) is 5.23. The number of rotatable bonds is 5. The smallest absolute Gasteiger partial charge is 0.270 e. The maximum atomic E-state index is 12.7. The van der Waals surface area contributed by atoms with E-state index in [1.165, 1.54) is 16.2 Å². The van der Waals surface area contributed by atoms with Gasteiger partial charge in [-0.2, -0.15) is 0 Å². The van der Waals surface area contributed by atoms with Crippen LogP contribution in [0.2, 0.25) is 0 Å². The minimum atomic E-state index is -0.417. The molecule has 2 aromatic heterocycles. The molecule has 0 atom stereocenters. The average molecular weight is 392 g/mol. The van der Waals surface area contributed by atoms with Gasteiger partial charge in [-0.05, 0) is 29.7 Å². The Kier molecular flexibility index (Phi) is 5.69. The van der Waals surface area contributed by atoms with E-state index in [0.717, 1.165) is 44.0 Å². The molecule has 1 saturated heterocycles. The number of benzene rings is 1. The highest BCUT2D eigenvalue weighted by Crippen LogP contribution is 2.13. The Morgan fingerprint density at radius 1 is 1.14 bits per heavy atom. The molecule has 4 rings (SSSR count). The van der Waals surface area contributed by atoms with Crippen molar-refractivity contribution in [3.8, 4) is 0 Å². The summed E-state index contributed by atoms with van der Waals surface area (Å²) in [7, 11) is 0. The first-order valence-electron chi connectivity index (χ1n) is 9.75. The molecule has 3 aromatic rings. The molecule has 150 valence electrons. The summed E-state index contributed by atoms with van der Waals surface area (Å²) < 4.78 is 6.82. The predicted molar refractivity (Wildman–Crippen MR) is 110 cm³/mol. The number of pyridine rings is 1. The lowest BCUT2D eigenvalue weighted by Crippen LogP contribution is -2.36. The monoisotopic (exact) mass is 392 g/mol. The average Bonchev–Trinajstić information content (AvgIpc) is 2.74. The molecule has 1 aliphatic rings. The van der Waals surface area contributed by atoms with Crippen LogP contribution in [0.15, 0.2) is 53.6 Å². The molecule has 0 unspecified atom stereocenters. The number of amides is 1. The number of aromatic nitrogens is 2. The minimum Gasteiger partial charge on any atom is -0.379 e. The van der Waals surface area contributed by atoms with Gasteiger partial charge in [0.1, 0.15) is 11.2 Å². The second kappa shape index (κ2) is 8.55. The molecule has 3 heterocycles. The maximum Gasteiger partial charge on any atom is 0.270 e. The van der Waals surface area contributed by atoms with E-state index in [9.17, 15) is 9.59 Å². The molecule has 0 spiro atoms. The summed E-state index contributed by atoms with van der Waals surface area (Å²) in [6, 6.07) is 11.7. The van der Waals surface area contributed by atoms with Crippen molar-refractivity contribution in [2.24, 2.45) is 0 Å². The fraction of sp³-hybridized carbons (Fsp3) is 0.318. The third-order valence-electron chi connectivity index (χ3n) is 5.23. The Morgan fingerprint density at radius 2 is 1.90 bits per heavy atom. The lowest BCUT2D eigenvalue weighted by molar-refractivity contribution is 0.0340. The van der Waals surface area contributed by atoms with Crippen molar-refractivity contribution in [2.45, 2.75) is 20.0 Å². The van der Waals surface area contributed by atoms with Crippen LogP contribution in [0.1, 0.15) is 27.0 Å². The zero-order valence-corrected chi connectivity index (χ0v) is 16.4. The lowest BCUT2D eigenvalue weighted by atomic mass is 10.1. The summed E-state index contributed by atoms with van der Waals surface area (Å²) in [5, 5.41) is 2.88. The molecule has 7 nitrogen and oxygen atoms in total. The summed E-state index contributed by atoms with van der Waals surface area (Å²) in [5.74, 6) is -0.417. The van der Waals surface area contributed by atoms with E-state index in [-0.39, 0.29) is 11.1 Å². The second-order valence-corrected chi connectivity index (χ2v) is 7.20. The number of aryl methyl sites for hydroxylation is 1. The number of hydrogen-bond acceptors (Lipinski definition) is 5. The molecule has 1 fully saturated rings. The Balaban J connectivity index is 1.50. The summed E-state index contributed by atoms with van der Waals surface area (Å²) in [5.41, 5.74) is 3.32. The number of morpholine rings is 1. The molecule has 1 aliphatic heterocycles. The Hall–Kier alpha value is -3.03. The molecule has 1 N–H and O–H groups in total. The van der Waals surface area contributed by atoms with E-state index in [1.807, 2.05) is 31.2 Å². The normalized spacial score (nSPS) is 14.8. The number of ether oxygens (including phenoxy) is 1. The fourth-order valence-corrected chi connectivity index (χ4v) is 3.56. The summed E-state index contributed by atoms with van der Waals surface area (Å²) in [4.78, 5) is 32.0. The molecule has 7 heteroatoms. The van der Waals surface area contributed by atoms with Crippen molar-refractivity contribution in [1.82, 2.24) is 19.6 Å². The van der Waals surface area contributed by atoms with Crippen LogP contribution in [0.25, 0.3) is 5.65 Å². The van der Waals surface area contributed by atoms with E-state index in [4.69, 9.17) is 4.74 Å². The molecule has 1 amide bonds. The standard InChI is InChI=1S/C22H24N4O3/c1-16-5-4-8-26-20(16)23-14-19(22(26)28)21(27)24-13-17-6-2-3-7-18(17)15-25-9-11-29-12-10-25/h2-8,14H,9-13,15H2,1H3,(H,24,27). The van der Waals surface area contributed by atoms with Crippen LogP contribution in [-0.2, 0) is 17.8 Å². The number of nitrogens with zero attached hydrogens (tertiary/aromatic N) is 3. The maximum absolute atomic E-state index is 12.7. The van der Waals surface area contributed by atoms with Gasteiger partial charge in [-0.3, -0.25) is 18.9 Å². The Bertz CT molecular complexity index is 1090. The Labute approximate surface area is 168 Å². The molecular formula is C22H24N4O3. The predicted octanol–water partition coefficient (Wildman–Crippen LogP) is 1.77. The first-order chi connectivity index (χ1) is 14.1. The zero-order valence-electron chi connectivity index (χ0n) is 16.4. The van der Waals surface area contributed by atoms with Crippen LogP contribution in [0, 0.1) is 6.92 Å². The van der Waals surface area contributed by atoms with Crippen LogP contribution in [0.4, 0.5) is 0 Å². The van der Waals surface area contributed by atoms with Crippen LogP contribution in [0.3, 0.4) is 0 Å². The molecular weight excluding hydrogens is 368 g/mol. The van der Waals surface area contributed by atoms with Gasteiger partial charge < -0.3 is 10.1 Å². The highest BCUT2D eigenvalue weighted by Gasteiger charge is 2.16. The molecule has 0 radical (unpaired) electrons. The molecule has 29 heavy (non-hydrogen) atoms. The topological polar surface area (TPSA) is 75.9 Å². The zero-order chi connectivity index (χ0) is 20.2. The van der Waals surface area contributed by atoms with Crippen LogP contribution >= 0.6 is 0 Å². The highest BCUT2D eigenvalue weighted by atomic mass is 16.5. The van der Waals surface area contributed by atoms with Crippen molar-refractivity contribution < 1.29 is 9.53 Å². The van der Waals surface area contributed by atoms with Gasteiger partial charge in [0.05, 0.1) is 13.2 Å². The van der Waals surface area contributed by atoms with Crippen molar-refractivity contribution in [3.63, 3.8) is 0 Å². The SMILES string of the molecule is Cc1cccn2c(=O)c(C(=O)NCc3ccccc3CN3CCOCC3)cnc12. The highest BCUT2D eigenvalue weighted by molar-refractivity contribution is 5.93. The Morgan fingerprint density at radius 3 is 2.69 bits per heavy atom. The van der Waals surface area contributed by atoms with Crippen molar-refractivity contribution in [1.29, 1.82) is 0 Å². The largest absolute Gasteiger partial charge is 0.379 e. The van der Waals surface area contributed by atoms with Gasteiger partial charge in [-0.1, -0.05) is 30.3 Å². The van der Waals surface area contributed by atoms with Crippen LogP contribution < -0.4 is 10.9 Å². The van der Waals surface area contributed by atoms with Crippen molar-refractivity contribution >= 4 is 11.6 Å². The first-order valence-corrected chi connectivity index (χ1v) is 9.75. The van der Waals surface area contributed by atoms with Crippen LogP contribution in [-0.4, -0.2) is 46.5 Å². The minimum absolute atomic E-state index is 0.0405. The molecule has 1 aromatic carbocycles. The summed E-state index contributed by atoms with van der Waals surface area (Å²) in [6.07, 6.45) is 2.99. The number of fused-ring (bicyclic) bond motifs is 1. The van der Waals surface area contributed by atoms with E-state index in [2.05, 4.69) is 21.3 Å². The van der Waals surface area contributed by atoms with Gasteiger partial charge in [-0.25, -0.2) is 4.98 Å². The molecule has 0 bridgehead atoms. The van der Waals surface area contributed by atoms with Gasteiger partial charge >= 0.3 is 0 Å². The van der Waals surface area contributed by atoms with Gasteiger partial charge in [0, 0.05) is 38.6 Å². The summed E-state index contributed by atoms with van der Waals surface area (Å²) in [6.45, 7) is 6.35. The molecule has 0 aliphatic carbocycles. The van der Waals surface area contributed by atoms with Gasteiger partial charge in [0.2, 0.25) is 0 Å². The quantitative estimate of drug-likeness (QED) is 0.716. The number of nitrogens with one attached hydrogen (secondary N) is 1.